The summed E-state index contributed by atoms with van der Waals surface area (Å²) in [7, 11) is 0. The molecule has 4 rings (SSSR count). The summed E-state index contributed by atoms with van der Waals surface area (Å²) >= 11 is 0. The largest absolute Gasteiger partial charge is 0.328 e. The molecule has 0 aliphatic carbocycles. The van der Waals surface area contributed by atoms with Crippen molar-refractivity contribution >= 4 is 16.8 Å². The molecule has 0 N–H and O–H groups in total. The van der Waals surface area contributed by atoms with E-state index in [9.17, 15) is 14.0 Å². The van der Waals surface area contributed by atoms with Gasteiger partial charge in [-0.3, -0.25) is 14.2 Å². The summed E-state index contributed by atoms with van der Waals surface area (Å²) in [5.41, 5.74) is 1.25. The fraction of sp³-hybridized carbons (Fsp3) is 0.276. The maximum atomic E-state index is 14.9. The molecule has 1 amide bonds. The van der Waals surface area contributed by atoms with Gasteiger partial charge in [-0.15, -0.1) is 0 Å². The molecular weight excluding hydrogens is 441 g/mol. The molecule has 6 heteroatoms. The van der Waals surface area contributed by atoms with Crippen LogP contribution in [0.4, 0.5) is 4.39 Å². The Kier molecular flexibility index (Phi) is 7.70. The summed E-state index contributed by atoms with van der Waals surface area (Å²) in [5.74, 6) is -0.208. The molecule has 1 heterocycles. The van der Waals surface area contributed by atoms with E-state index in [1.54, 1.807) is 41.3 Å². The van der Waals surface area contributed by atoms with Crippen LogP contribution in [0.1, 0.15) is 57.0 Å². The highest BCUT2D eigenvalue weighted by Crippen LogP contribution is 2.26. The first-order valence-corrected chi connectivity index (χ1v) is 12.1. The molecule has 0 bridgehead atoms. The maximum absolute atomic E-state index is 14.9. The number of carbonyl (C=O) groups excluding carboxylic acids is 1. The average Bonchev–Trinajstić information content (AvgIpc) is 2.88. The molecule has 3 aromatic carbocycles. The van der Waals surface area contributed by atoms with Crippen molar-refractivity contribution in [3.8, 4) is 5.69 Å². The third-order valence-electron chi connectivity index (χ3n) is 6.25. The van der Waals surface area contributed by atoms with Crippen LogP contribution in [-0.4, -0.2) is 20.4 Å². The first kappa shape index (κ1) is 24.3. The van der Waals surface area contributed by atoms with Gasteiger partial charge in [0.05, 0.1) is 22.6 Å². The van der Waals surface area contributed by atoms with Crippen molar-refractivity contribution in [2.75, 3.05) is 0 Å². The van der Waals surface area contributed by atoms with Gasteiger partial charge in [0.15, 0.2) is 0 Å². The van der Waals surface area contributed by atoms with Crippen LogP contribution in [0.3, 0.4) is 0 Å². The van der Waals surface area contributed by atoms with E-state index >= 15 is 0 Å². The lowest BCUT2D eigenvalue weighted by Gasteiger charge is -2.31. The zero-order valence-electron chi connectivity index (χ0n) is 20.2. The number of nitrogens with zero attached hydrogens (tertiary/aromatic N) is 3. The Morgan fingerprint density at radius 2 is 1.66 bits per heavy atom. The van der Waals surface area contributed by atoms with Crippen LogP contribution in [0.25, 0.3) is 16.6 Å². The van der Waals surface area contributed by atoms with Gasteiger partial charge in [-0.05, 0) is 43.2 Å². The Balaban J connectivity index is 1.86. The number of hydrogen-bond donors (Lipinski definition) is 0. The summed E-state index contributed by atoms with van der Waals surface area (Å²) in [6, 6.07) is 22.4. The van der Waals surface area contributed by atoms with Gasteiger partial charge in [0.1, 0.15) is 11.6 Å². The number of rotatable bonds is 9. The molecule has 1 unspecified atom stereocenters. The molecule has 0 fully saturated rings. The van der Waals surface area contributed by atoms with E-state index in [1.807, 2.05) is 43.3 Å². The van der Waals surface area contributed by atoms with Gasteiger partial charge in [-0.25, -0.2) is 9.37 Å². The van der Waals surface area contributed by atoms with E-state index in [1.165, 1.54) is 10.6 Å². The van der Waals surface area contributed by atoms with Gasteiger partial charge >= 0.3 is 0 Å². The summed E-state index contributed by atoms with van der Waals surface area (Å²) in [6.07, 6.45) is 3.18. The highest BCUT2D eigenvalue weighted by atomic mass is 19.1. The molecule has 0 aliphatic rings. The van der Waals surface area contributed by atoms with Gasteiger partial charge in [-0.2, -0.15) is 0 Å². The van der Waals surface area contributed by atoms with Crippen molar-refractivity contribution in [1.29, 1.82) is 0 Å². The van der Waals surface area contributed by atoms with Crippen molar-refractivity contribution in [2.45, 2.75) is 52.1 Å². The zero-order valence-corrected chi connectivity index (χ0v) is 20.2. The van der Waals surface area contributed by atoms with Gasteiger partial charge < -0.3 is 4.90 Å². The van der Waals surface area contributed by atoms with Crippen molar-refractivity contribution in [3.63, 3.8) is 0 Å². The lowest BCUT2D eigenvalue weighted by atomic mass is 10.1. The number of para-hydroxylation sites is 2. The zero-order chi connectivity index (χ0) is 24.8. The van der Waals surface area contributed by atoms with Crippen LogP contribution < -0.4 is 5.56 Å². The number of aromatic nitrogens is 2. The molecule has 1 atom stereocenters. The molecule has 1 aromatic heterocycles. The van der Waals surface area contributed by atoms with Crippen LogP contribution in [0.2, 0.25) is 0 Å². The third kappa shape index (κ3) is 5.32. The summed E-state index contributed by atoms with van der Waals surface area (Å²) in [5, 5.41) is 0.399. The van der Waals surface area contributed by atoms with E-state index in [-0.39, 0.29) is 17.2 Å². The third-order valence-corrected chi connectivity index (χ3v) is 6.25. The monoisotopic (exact) mass is 471 g/mol. The van der Waals surface area contributed by atoms with Crippen molar-refractivity contribution in [2.24, 2.45) is 0 Å². The number of halogens is 1. The van der Waals surface area contributed by atoms with Crippen molar-refractivity contribution < 1.29 is 9.18 Å². The van der Waals surface area contributed by atoms with E-state index < -0.39 is 11.9 Å². The summed E-state index contributed by atoms with van der Waals surface area (Å²) < 4.78 is 16.3. The first-order chi connectivity index (χ1) is 17.0. The van der Waals surface area contributed by atoms with Crippen LogP contribution >= 0.6 is 0 Å². The maximum Gasteiger partial charge on any atom is 0.266 e. The molecule has 0 radical (unpaired) electrons. The second-order valence-corrected chi connectivity index (χ2v) is 8.72. The van der Waals surface area contributed by atoms with Crippen LogP contribution in [0.15, 0.2) is 83.7 Å². The minimum atomic E-state index is -0.568. The van der Waals surface area contributed by atoms with Gasteiger partial charge in [-0.1, -0.05) is 74.4 Å². The molecule has 0 aliphatic heterocycles. The smallest absolute Gasteiger partial charge is 0.266 e. The summed E-state index contributed by atoms with van der Waals surface area (Å²) in [4.78, 5) is 33.6. The SMILES string of the molecule is CCCCCC(=O)N(Cc1ccccc1)C(C)c1nc2ccccc2c(=O)n1-c1ccccc1F. The van der Waals surface area contributed by atoms with Gasteiger partial charge in [0.2, 0.25) is 5.91 Å². The lowest BCUT2D eigenvalue weighted by Crippen LogP contribution is -2.37. The normalized spacial score (nSPS) is 12.0. The number of fused-ring (bicyclic) bond motifs is 1. The highest BCUT2D eigenvalue weighted by Gasteiger charge is 2.27. The minimum Gasteiger partial charge on any atom is -0.328 e. The number of unbranched alkanes of at least 4 members (excludes halogenated alkanes) is 2. The Morgan fingerprint density at radius 3 is 2.40 bits per heavy atom. The van der Waals surface area contributed by atoms with E-state index in [0.29, 0.717) is 29.7 Å². The number of amides is 1. The number of carbonyl (C=O) groups is 1. The van der Waals surface area contributed by atoms with Crippen LogP contribution in [0.5, 0.6) is 0 Å². The molecular formula is C29H30FN3O2. The fourth-order valence-electron chi connectivity index (χ4n) is 4.33. The van der Waals surface area contributed by atoms with Crippen molar-refractivity contribution in [1.82, 2.24) is 14.5 Å². The van der Waals surface area contributed by atoms with E-state index in [2.05, 4.69) is 6.92 Å². The topological polar surface area (TPSA) is 55.2 Å². The molecule has 0 saturated heterocycles. The number of hydrogen-bond acceptors (Lipinski definition) is 3. The quantitative estimate of drug-likeness (QED) is 0.273. The van der Waals surface area contributed by atoms with Gasteiger partial charge in [0.25, 0.3) is 5.56 Å². The highest BCUT2D eigenvalue weighted by molar-refractivity contribution is 5.79. The Hall–Kier alpha value is -3.80. The Bertz CT molecular complexity index is 1370. The lowest BCUT2D eigenvalue weighted by molar-refractivity contribution is -0.134. The molecule has 0 spiro atoms. The molecule has 4 aromatic rings. The van der Waals surface area contributed by atoms with E-state index in [0.717, 1.165) is 24.8 Å². The van der Waals surface area contributed by atoms with Crippen molar-refractivity contribution in [3.05, 3.63) is 106 Å². The van der Waals surface area contributed by atoms with Crippen LogP contribution in [0, 0.1) is 5.82 Å². The molecule has 35 heavy (non-hydrogen) atoms. The second-order valence-electron chi connectivity index (χ2n) is 8.72. The van der Waals surface area contributed by atoms with Gasteiger partial charge in [0, 0.05) is 13.0 Å². The second kappa shape index (κ2) is 11.1. The molecule has 5 nitrogen and oxygen atoms in total. The molecule has 180 valence electrons. The summed E-state index contributed by atoms with van der Waals surface area (Å²) in [6.45, 7) is 4.32. The first-order valence-electron chi connectivity index (χ1n) is 12.1. The Morgan fingerprint density at radius 1 is 0.971 bits per heavy atom. The van der Waals surface area contributed by atoms with Crippen LogP contribution in [-0.2, 0) is 11.3 Å². The minimum absolute atomic E-state index is 0.0164. The standard InChI is InChI=1S/C29H30FN3O2/c1-3-4-6-19-27(34)32(20-22-13-7-5-8-14-22)21(2)28-31-25-17-11-9-15-23(25)29(35)33(28)26-18-12-10-16-24(26)30/h5,7-18,21H,3-4,6,19-20H2,1-2H3. The number of benzene rings is 3. The Labute approximate surface area is 204 Å². The van der Waals surface area contributed by atoms with E-state index in [4.69, 9.17) is 4.98 Å². The predicted molar refractivity (Wildman–Crippen MR) is 137 cm³/mol. The fourth-order valence-corrected chi connectivity index (χ4v) is 4.33. The average molecular weight is 472 g/mol. The molecule has 0 saturated carbocycles. The predicted octanol–water partition coefficient (Wildman–Crippen LogP) is 6.19.